The van der Waals surface area contributed by atoms with Crippen molar-refractivity contribution >= 4 is 0 Å². The molecule has 0 radical (unpaired) electrons. The second-order valence-electron chi connectivity index (χ2n) is 3.60. The molecular weight excluding hydrogens is 172 g/mol. The fraction of sp³-hybridized carbons (Fsp3) is 0.583. The molecule has 0 saturated carbocycles. The Morgan fingerprint density at radius 2 is 2.00 bits per heavy atom. The van der Waals surface area contributed by atoms with Crippen molar-refractivity contribution < 1.29 is 0 Å². The number of likely N-dealkylation sites (N-methyl/N-ethyl adjacent to an activating group) is 1. The smallest absolute Gasteiger partial charge is 0.0270 e. The number of pyridine rings is 1. The van der Waals surface area contributed by atoms with Gasteiger partial charge in [0.15, 0.2) is 0 Å². The lowest BCUT2D eigenvalue weighted by molar-refractivity contribution is 0.485. The molecule has 78 valence electrons. The zero-order valence-electron chi connectivity index (χ0n) is 9.16. The summed E-state index contributed by atoms with van der Waals surface area (Å²) in [6.07, 6.45) is 7.33. The highest BCUT2D eigenvalue weighted by atomic mass is 14.9. The van der Waals surface area contributed by atoms with E-state index < -0.39 is 0 Å². The van der Waals surface area contributed by atoms with Crippen LogP contribution in [0.1, 0.15) is 32.3 Å². The van der Waals surface area contributed by atoms with E-state index in [1.165, 1.54) is 18.4 Å². The van der Waals surface area contributed by atoms with Crippen LogP contribution in [0.3, 0.4) is 0 Å². The number of hydrogen-bond acceptors (Lipinski definition) is 2. The summed E-state index contributed by atoms with van der Waals surface area (Å²) in [6.45, 7) is 5.45. The van der Waals surface area contributed by atoms with Gasteiger partial charge in [-0.15, -0.1) is 0 Å². The number of rotatable bonds is 6. The van der Waals surface area contributed by atoms with E-state index in [4.69, 9.17) is 0 Å². The molecular formula is C12H20N2. The lowest BCUT2D eigenvalue weighted by atomic mass is 10.0. The second-order valence-corrected chi connectivity index (χ2v) is 3.60. The van der Waals surface area contributed by atoms with Crippen molar-refractivity contribution in [3.63, 3.8) is 0 Å². The van der Waals surface area contributed by atoms with E-state index in [1.54, 1.807) is 0 Å². The summed E-state index contributed by atoms with van der Waals surface area (Å²) in [5.74, 6) is 0. The second kappa shape index (κ2) is 6.55. The Kier molecular flexibility index (Phi) is 5.23. The van der Waals surface area contributed by atoms with E-state index in [0.29, 0.717) is 6.04 Å². The molecule has 14 heavy (non-hydrogen) atoms. The molecule has 1 rings (SSSR count). The SMILES string of the molecule is CCCC(Cc1ccncc1)NCC. The molecule has 0 aliphatic rings. The number of nitrogens with one attached hydrogen (secondary N) is 1. The maximum Gasteiger partial charge on any atom is 0.0270 e. The van der Waals surface area contributed by atoms with Gasteiger partial charge in [0, 0.05) is 18.4 Å². The molecule has 1 atom stereocenters. The predicted octanol–water partition coefficient (Wildman–Crippen LogP) is 2.40. The molecule has 0 bridgehead atoms. The van der Waals surface area contributed by atoms with E-state index in [2.05, 4.69) is 36.3 Å². The Hall–Kier alpha value is -0.890. The third kappa shape index (κ3) is 3.88. The molecule has 1 N–H and O–H groups in total. The minimum atomic E-state index is 0.618. The van der Waals surface area contributed by atoms with Crippen LogP contribution in [-0.4, -0.2) is 17.6 Å². The van der Waals surface area contributed by atoms with Crippen LogP contribution < -0.4 is 5.32 Å². The van der Waals surface area contributed by atoms with E-state index in [-0.39, 0.29) is 0 Å². The van der Waals surface area contributed by atoms with Gasteiger partial charge < -0.3 is 5.32 Å². The van der Waals surface area contributed by atoms with Crippen LogP contribution in [0.4, 0.5) is 0 Å². The number of nitrogens with zero attached hydrogens (tertiary/aromatic N) is 1. The van der Waals surface area contributed by atoms with Crippen molar-refractivity contribution in [3.8, 4) is 0 Å². The fourth-order valence-corrected chi connectivity index (χ4v) is 1.72. The quantitative estimate of drug-likeness (QED) is 0.748. The molecule has 2 heteroatoms. The molecule has 2 nitrogen and oxygen atoms in total. The van der Waals surface area contributed by atoms with Gasteiger partial charge in [0.1, 0.15) is 0 Å². The highest BCUT2D eigenvalue weighted by Gasteiger charge is 2.06. The van der Waals surface area contributed by atoms with Gasteiger partial charge in [0.25, 0.3) is 0 Å². The number of aromatic nitrogens is 1. The minimum absolute atomic E-state index is 0.618. The Morgan fingerprint density at radius 1 is 1.29 bits per heavy atom. The zero-order valence-corrected chi connectivity index (χ0v) is 9.16. The standard InChI is InChI=1S/C12H20N2/c1-3-5-12(14-4-2)10-11-6-8-13-9-7-11/h6-9,12,14H,3-5,10H2,1-2H3. The van der Waals surface area contributed by atoms with E-state index in [1.807, 2.05) is 12.4 Å². The summed E-state index contributed by atoms with van der Waals surface area (Å²) in [5, 5.41) is 3.51. The van der Waals surface area contributed by atoms with Crippen molar-refractivity contribution in [3.05, 3.63) is 30.1 Å². The Bertz CT molecular complexity index is 227. The zero-order chi connectivity index (χ0) is 10.2. The van der Waals surface area contributed by atoms with Gasteiger partial charge in [0.2, 0.25) is 0 Å². The summed E-state index contributed by atoms with van der Waals surface area (Å²) >= 11 is 0. The average molecular weight is 192 g/mol. The lowest BCUT2D eigenvalue weighted by Crippen LogP contribution is -2.30. The normalized spacial score (nSPS) is 12.7. The summed E-state index contributed by atoms with van der Waals surface area (Å²) in [6, 6.07) is 4.81. The van der Waals surface area contributed by atoms with Crippen LogP contribution >= 0.6 is 0 Å². The van der Waals surface area contributed by atoms with Crippen LogP contribution in [0.15, 0.2) is 24.5 Å². The molecule has 0 aliphatic carbocycles. The maximum absolute atomic E-state index is 4.02. The van der Waals surface area contributed by atoms with E-state index in [0.717, 1.165) is 13.0 Å². The monoisotopic (exact) mass is 192 g/mol. The maximum atomic E-state index is 4.02. The molecule has 1 aromatic heterocycles. The van der Waals surface area contributed by atoms with Crippen LogP contribution in [-0.2, 0) is 6.42 Å². The molecule has 0 aromatic carbocycles. The first-order valence-electron chi connectivity index (χ1n) is 5.49. The summed E-state index contributed by atoms with van der Waals surface area (Å²) in [5.41, 5.74) is 1.37. The van der Waals surface area contributed by atoms with Gasteiger partial charge in [-0.3, -0.25) is 4.98 Å². The van der Waals surface area contributed by atoms with Gasteiger partial charge in [-0.25, -0.2) is 0 Å². The number of hydrogen-bond donors (Lipinski definition) is 1. The Labute approximate surface area is 86.8 Å². The highest BCUT2D eigenvalue weighted by Crippen LogP contribution is 2.06. The Balaban J connectivity index is 2.46. The van der Waals surface area contributed by atoms with Crippen LogP contribution in [0.25, 0.3) is 0 Å². The molecule has 1 unspecified atom stereocenters. The molecule has 0 fully saturated rings. The fourth-order valence-electron chi connectivity index (χ4n) is 1.72. The van der Waals surface area contributed by atoms with Crippen LogP contribution in [0.5, 0.6) is 0 Å². The van der Waals surface area contributed by atoms with Gasteiger partial charge in [0.05, 0.1) is 0 Å². The molecule has 0 spiro atoms. The summed E-state index contributed by atoms with van der Waals surface area (Å²) in [7, 11) is 0. The van der Waals surface area contributed by atoms with E-state index in [9.17, 15) is 0 Å². The largest absolute Gasteiger partial charge is 0.314 e. The predicted molar refractivity (Wildman–Crippen MR) is 60.3 cm³/mol. The molecule has 0 aliphatic heterocycles. The molecule has 0 saturated heterocycles. The summed E-state index contributed by atoms with van der Waals surface area (Å²) in [4.78, 5) is 4.02. The van der Waals surface area contributed by atoms with Gasteiger partial charge in [-0.05, 0) is 37.1 Å². The van der Waals surface area contributed by atoms with Gasteiger partial charge in [-0.1, -0.05) is 20.3 Å². The topological polar surface area (TPSA) is 24.9 Å². The van der Waals surface area contributed by atoms with Crippen molar-refractivity contribution in [1.82, 2.24) is 10.3 Å². The van der Waals surface area contributed by atoms with Crippen molar-refractivity contribution in [2.75, 3.05) is 6.54 Å². The van der Waals surface area contributed by atoms with Crippen LogP contribution in [0, 0.1) is 0 Å². The first-order chi connectivity index (χ1) is 6.86. The molecule has 1 aromatic rings. The third-order valence-corrected chi connectivity index (χ3v) is 2.36. The molecule has 0 amide bonds. The highest BCUT2D eigenvalue weighted by molar-refractivity contribution is 5.11. The average Bonchev–Trinajstić information content (AvgIpc) is 2.20. The molecule has 1 heterocycles. The lowest BCUT2D eigenvalue weighted by Gasteiger charge is -2.16. The Morgan fingerprint density at radius 3 is 2.57 bits per heavy atom. The van der Waals surface area contributed by atoms with Crippen LogP contribution in [0.2, 0.25) is 0 Å². The van der Waals surface area contributed by atoms with Crippen molar-refractivity contribution in [1.29, 1.82) is 0 Å². The van der Waals surface area contributed by atoms with Crippen molar-refractivity contribution in [2.24, 2.45) is 0 Å². The van der Waals surface area contributed by atoms with Crippen molar-refractivity contribution in [2.45, 2.75) is 39.2 Å². The summed E-state index contributed by atoms with van der Waals surface area (Å²) < 4.78 is 0. The van der Waals surface area contributed by atoms with Gasteiger partial charge >= 0.3 is 0 Å². The first-order valence-corrected chi connectivity index (χ1v) is 5.49. The first kappa shape index (κ1) is 11.2. The van der Waals surface area contributed by atoms with Gasteiger partial charge in [-0.2, -0.15) is 0 Å². The van der Waals surface area contributed by atoms with E-state index >= 15 is 0 Å². The third-order valence-electron chi connectivity index (χ3n) is 2.36. The minimum Gasteiger partial charge on any atom is -0.314 e.